The number of hydrogen-bond acceptors (Lipinski definition) is 5. The van der Waals surface area contributed by atoms with Crippen LogP contribution in [0.15, 0.2) is 52.8 Å². The Bertz CT molecular complexity index is 868. The van der Waals surface area contributed by atoms with Crippen molar-refractivity contribution in [3.63, 3.8) is 0 Å². The number of hydrogen-bond donors (Lipinski definition) is 2. The number of aromatic hydroxyl groups is 1. The Morgan fingerprint density at radius 1 is 1.17 bits per heavy atom. The van der Waals surface area contributed by atoms with Crippen LogP contribution in [0.1, 0.15) is 31.0 Å². The molecule has 0 fully saturated rings. The second-order valence-electron chi connectivity index (χ2n) is 5.59. The molecule has 6 nitrogen and oxygen atoms in total. The van der Waals surface area contributed by atoms with Gasteiger partial charge in [-0.15, -0.1) is 10.2 Å². The highest BCUT2D eigenvalue weighted by atomic mass is 16.3. The fourth-order valence-corrected chi connectivity index (χ4v) is 2.33. The molecule has 2 heterocycles. The molecule has 0 atom stereocenters. The Balaban J connectivity index is 2.11. The molecule has 2 N–H and O–H groups in total. The summed E-state index contributed by atoms with van der Waals surface area (Å²) in [7, 11) is 0. The number of imidazole rings is 1. The molecule has 0 aliphatic rings. The molecular weight excluding hydrogens is 292 g/mol. The summed E-state index contributed by atoms with van der Waals surface area (Å²) in [5.74, 6) is 0.882. The molecule has 0 aliphatic carbocycles. The molecule has 0 aliphatic heterocycles. The number of azo groups is 1. The maximum absolute atomic E-state index is 9.80. The first kappa shape index (κ1) is 15.2. The molecule has 0 saturated carbocycles. The zero-order valence-corrected chi connectivity index (χ0v) is 13.0. The van der Waals surface area contributed by atoms with E-state index in [0.29, 0.717) is 17.2 Å². The van der Waals surface area contributed by atoms with Crippen molar-refractivity contribution in [1.82, 2.24) is 9.38 Å². The maximum Gasteiger partial charge on any atom is 0.183 e. The number of aliphatic hydroxyl groups is 1. The van der Waals surface area contributed by atoms with Crippen LogP contribution in [0.5, 0.6) is 5.75 Å². The highest BCUT2D eigenvalue weighted by Gasteiger charge is 2.15. The summed E-state index contributed by atoms with van der Waals surface area (Å²) in [5.41, 5.74) is 2.73. The lowest BCUT2D eigenvalue weighted by molar-refractivity contribution is 0.282. The number of phenolic OH excluding ortho intramolecular Hbond substituents is 1. The molecular formula is C17H18N4O2. The van der Waals surface area contributed by atoms with Crippen LogP contribution in [0.25, 0.3) is 5.65 Å². The van der Waals surface area contributed by atoms with Crippen LogP contribution in [0.3, 0.4) is 0 Å². The zero-order valence-electron chi connectivity index (χ0n) is 13.0. The van der Waals surface area contributed by atoms with Gasteiger partial charge in [0, 0.05) is 6.20 Å². The average Bonchev–Trinajstić information content (AvgIpc) is 2.92. The van der Waals surface area contributed by atoms with E-state index >= 15 is 0 Å². The van der Waals surface area contributed by atoms with Crippen molar-refractivity contribution in [2.45, 2.75) is 26.4 Å². The summed E-state index contributed by atoms with van der Waals surface area (Å²) in [4.78, 5) is 4.59. The number of aliphatic hydroxyl groups excluding tert-OH is 1. The molecule has 23 heavy (non-hydrogen) atoms. The van der Waals surface area contributed by atoms with E-state index in [4.69, 9.17) is 0 Å². The summed E-state index contributed by atoms with van der Waals surface area (Å²) in [6, 6.07) is 10.4. The lowest BCUT2D eigenvalue weighted by Gasteiger charge is -2.02. The van der Waals surface area contributed by atoms with Gasteiger partial charge in [-0.1, -0.05) is 26.0 Å². The summed E-state index contributed by atoms with van der Waals surface area (Å²) >= 11 is 0. The third kappa shape index (κ3) is 2.93. The van der Waals surface area contributed by atoms with Crippen molar-refractivity contribution in [2.75, 3.05) is 0 Å². The highest BCUT2D eigenvalue weighted by Crippen LogP contribution is 2.32. The first-order valence-corrected chi connectivity index (χ1v) is 7.41. The topological polar surface area (TPSA) is 82.5 Å². The molecule has 0 radical (unpaired) electrons. The maximum atomic E-state index is 9.80. The van der Waals surface area contributed by atoms with Crippen LogP contribution < -0.4 is 0 Å². The summed E-state index contributed by atoms with van der Waals surface area (Å²) in [6.07, 6.45) is 1.82. The van der Waals surface area contributed by atoms with Gasteiger partial charge < -0.3 is 10.2 Å². The van der Waals surface area contributed by atoms with Gasteiger partial charge in [-0.25, -0.2) is 4.98 Å². The van der Waals surface area contributed by atoms with E-state index in [1.807, 2.05) is 36.6 Å². The lowest BCUT2D eigenvalue weighted by Crippen LogP contribution is -1.88. The SMILES string of the molecule is CC(C)c1nc2cc(CO)ccn2c1N=Nc1ccccc1O. The Hall–Kier alpha value is -2.73. The molecule has 118 valence electrons. The first-order valence-electron chi connectivity index (χ1n) is 7.41. The van der Waals surface area contributed by atoms with Gasteiger partial charge in [-0.05, 0) is 35.7 Å². The summed E-state index contributed by atoms with van der Waals surface area (Å²) < 4.78 is 1.83. The van der Waals surface area contributed by atoms with E-state index < -0.39 is 0 Å². The third-order valence-electron chi connectivity index (χ3n) is 3.55. The Morgan fingerprint density at radius 3 is 2.65 bits per heavy atom. The minimum Gasteiger partial charge on any atom is -0.506 e. The summed E-state index contributed by atoms with van der Waals surface area (Å²) in [5, 5.41) is 27.5. The predicted molar refractivity (Wildman–Crippen MR) is 87.5 cm³/mol. The number of para-hydroxylation sites is 1. The van der Waals surface area contributed by atoms with Gasteiger partial charge in [-0.2, -0.15) is 0 Å². The van der Waals surface area contributed by atoms with Gasteiger partial charge in [0.15, 0.2) is 5.82 Å². The third-order valence-corrected chi connectivity index (χ3v) is 3.55. The lowest BCUT2D eigenvalue weighted by atomic mass is 10.1. The zero-order chi connectivity index (χ0) is 16.4. The standard InChI is InChI=1S/C17H18N4O2/c1-11(2)16-17(20-19-13-5-3-4-6-14(13)23)21-8-7-12(10-22)9-15(21)18-16/h3-9,11,22-23H,10H2,1-2H3. The van der Waals surface area contributed by atoms with E-state index in [9.17, 15) is 10.2 Å². The Kier molecular flexibility index (Phi) is 4.08. The van der Waals surface area contributed by atoms with Crippen LogP contribution in [0.2, 0.25) is 0 Å². The molecule has 0 unspecified atom stereocenters. The number of rotatable bonds is 4. The van der Waals surface area contributed by atoms with E-state index in [2.05, 4.69) is 15.2 Å². The minimum atomic E-state index is -0.0326. The number of benzene rings is 1. The number of fused-ring (bicyclic) bond motifs is 1. The van der Waals surface area contributed by atoms with Crippen molar-refractivity contribution in [2.24, 2.45) is 10.2 Å². The first-order chi connectivity index (χ1) is 11.1. The van der Waals surface area contributed by atoms with Crippen LogP contribution in [0, 0.1) is 0 Å². The monoisotopic (exact) mass is 310 g/mol. The molecule has 3 aromatic rings. The van der Waals surface area contributed by atoms with E-state index in [0.717, 1.165) is 11.3 Å². The highest BCUT2D eigenvalue weighted by molar-refractivity contribution is 5.55. The van der Waals surface area contributed by atoms with Gasteiger partial charge in [-0.3, -0.25) is 4.40 Å². The van der Waals surface area contributed by atoms with E-state index in [1.54, 1.807) is 24.3 Å². The van der Waals surface area contributed by atoms with Crippen LogP contribution in [-0.2, 0) is 6.61 Å². The quantitative estimate of drug-likeness (QED) is 0.712. The Morgan fingerprint density at radius 2 is 1.96 bits per heavy atom. The Labute approximate surface area is 133 Å². The van der Waals surface area contributed by atoms with Gasteiger partial charge in [0.25, 0.3) is 0 Å². The number of phenols is 1. The smallest absolute Gasteiger partial charge is 0.183 e. The van der Waals surface area contributed by atoms with Crippen molar-refractivity contribution in [3.8, 4) is 5.75 Å². The van der Waals surface area contributed by atoms with Gasteiger partial charge in [0.05, 0.1) is 12.3 Å². The van der Waals surface area contributed by atoms with Crippen LogP contribution >= 0.6 is 0 Å². The van der Waals surface area contributed by atoms with Crippen molar-refractivity contribution < 1.29 is 10.2 Å². The molecule has 3 rings (SSSR count). The van der Waals surface area contributed by atoms with Gasteiger partial charge >= 0.3 is 0 Å². The molecule has 2 aromatic heterocycles. The molecule has 1 aromatic carbocycles. The molecule has 0 saturated heterocycles. The normalized spacial score (nSPS) is 11.8. The van der Waals surface area contributed by atoms with Crippen molar-refractivity contribution in [1.29, 1.82) is 0 Å². The number of aromatic nitrogens is 2. The molecule has 0 bridgehead atoms. The van der Waals surface area contributed by atoms with Crippen molar-refractivity contribution in [3.05, 3.63) is 53.9 Å². The van der Waals surface area contributed by atoms with E-state index in [-0.39, 0.29) is 18.3 Å². The van der Waals surface area contributed by atoms with Crippen molar-refractivity contribution >= 4 is 17.2 Å². The van der Waals surface area contributed by atoms with Gasteiger partial charge in [0.1, 0.15) is 17.1 Å². The molecule has 0 amide bonds. The average molecular weight is 310 g/mol. The van der Waals surface area contributed by atoms with Gasteiger partial charge in [0.2, 0.25) is 0 Å². The minimum absolute atomic E-state index is 0.0326. The number of pyridine rings is 1. The number of nitrogens with zero attached hydrogens (tertiary/aromatic N) is 4. The second-order valence-corrected chi connectivity index (χ2v) is 5.59. The van der Waals surface area contributed by atoms with Crippen LogP contribution in [-0.4, -0.2) is 19.6 Å². The molecule has 6 heteroatoms. The molecule has 0 spiro atoms. The second kappa shape index (κ2) is 6.18. The summed E-state index contributed by atoms with van der Waals surface area (Å²) in [6.45, 7) is 4.04. The predicted octanol–water partition coefficient (Wildman–Crippen LogP) is 4.07. The van der Waals surface area contributed by atoms with Crippen LogP contribution in [0.4, 0.5) is 11.5 Å². The largest absolute Gasteiger partial charge is 0.506 e. The van der Waals surface area contributed by atoms with E-state index in [1.165, 1.54) is 0 Å². The fourth-order valence-electron chi connectivity index (χ4n) is 2.33. The fraction of sp³-hybridized carbons (Fsp3) is 0.235.